The Balaban J connectivity index is 1.85. The van der Waals surface area contributed by atoms with E-state index < -0.39 is 16.0 Å². The topological polar surface area (TPSA) is 63.7 Å². The first kappa shape index (κ1) is 21.3. The van der Waals surface area contributed by atoms with Gasteiger partial charge in [-0.1, -0.05) is 53.5 Å². The van der Waals surface area contributed by atoms with E-state index in [2.05, 4.69) is 0 Å². The van der Waals surface area contributed by atoms with Crippen LogP contribution in [0.1, 0.15) is 15.9 Å². The van der Waals surface area contributed by atoms with Crippen molar-refractivity contribution in [1.82, 2.24) is 4.31 Å². The zero-order valence-corrected chi connectivity index (χ0v) is 17.7. The van der Waals surface area contributed by atoms with Gasteiger partial charge < -0.3 is 4.74 Å². The van der Waals surface area contributed by atoms with Crippen molar-refractivity contribution in [2.45, 2.75) is 11.4 Å². The summed E-state index contributed by atoms with van der Waals surface area (Å²) < 4.78 is 32.3. The van der Waals surface area contributed by atoms with Gasteiger partial charge in [-0.15, -0.1) is 0 Å². The lowest BCUT2D eigenvalue weighted by atomic mass is 10.2. The number of halogens is 2. The second-order valence-electron chi connectivity index (χ2n) is 6.23. The first-order chi connectivity index (χ1) is 13.8. The largest absolute Gasteiger partial charge is 0.423 e. The van der Waals surface area contributed by atoms with Crippen LogP contribution in [0.5, 0.6) is 5.75 Å². The van der Waals surface area contributed by atoms with E-state index >= 15 is 0 Å². The molecule has 0 aliphatic rings. The maximum absolute atomic E-state index is 12.9. The van der Waals surface area contributed by atoms with Crippen molar-refractivity contribution < 1.29 is 17.9 Å². The van der Waals surface area contributed by atoms with Crippen molar-refractivity contribution >= 4 is 39.2 Å². The lowest BCUT2D eigenvalue weighted by Gasteiger charge is -2.18. The second kappa shape index (κ2) is 8.97. The van der Waals surface area contributed by atoms with Crippen molar-refractivity contribution in [3.8, 4) is 5.75 Å². The van der Waals surface area contributed by atoms with Crippen LogP contribution in [-0.2, 0) is 16.6 Å². The third kappa shape index (κ3) is 5.16. The van der Waals surface area contributed by atoms with Crippen molar-refractivity contribution in [3.05, 3.63) is 94.0 Å². The zero-order valence-electron chi connectivity index (χ0n) is 15.4. The first-order valence-corrected chi connectivity index (χ1v) is 10.7. The molecule has 0 N–H and O–H groups in total. The summed E-state index contributed by atoms with van der Waals surface area (Å²) in [5.41, 5.74) is 0.797. The summed E-state index contributed by atoms with van der Waals surface area (Å²) in [5, 5.41) is 0.589. The molecule has 0 saturated carbocycles. The molecule has 0 aliphatic carbocycles. The van der Waals surface area contributed by atoms with E-state index in [0.29, 0.717) is 5.02 Å². The number of carbonyl (C=O) groups excluding carboxylic acids is 1. The van der Waals surface area contributed by atoms with E-state index in [1.54, 1.807) is 12.1 Å². The average molecular weight is 450 g/mol. The summed E-state index contributed by atoms with van der Waals surface area (Å²) in [6.07, 6.45) is 0. The Hall–Kier alpha value is -2.38. The number of hydrogen-bond acceptors (Lipinski definition) is 4. The quantitative estimate of drug-likeness (QED) is 0.390. The highest BCUT2D eigenvalue weighted by atomic mass is 35.5. The number of esters is 1. The monoisotopic (exact) mass is 449 g/mol. The zero-order chi connectivity index (χ0) is 21.0. The smallest absolute Gasteiger partial charge is 0.345 e. The van der Waals surface area contributed by atoms with Gasteiger partial charge in [0.1, 0.15) is 5.75 Å². The Morgan fingerprint density at radius 3 is 2.28 bits per heavy atom. The van der Waals surface area contributed by atoms with Crippen LogP contribution in [-0.4, -0.2) is 25.7 Å². The highest BCUT2D eigenvalue weighted by molar-refractivity contribution is 7.89. The van der Waals surface area contributed by atoms with E-state index in [1.165, 1.54) is 41.7 Å². The van der Waals surface area contributed by atoms with E-state index in [1.807, 2.05) is 30.3 Å². The van der Waals surface area contributed by atoms with Crippen LogP contribution in [0.4, 0.5) is 0 Å². The molecule has 3 aromatic carbocycles. The van der Waals surface area contributed by atoms with Gasteiger partial charge in [-0.05, 0) is 48.0 Å². The number of hydrogen-bond donors (Lipinski definition) is 0. The summed E-state index contributed by atoms with van der Waals surface area (Å²) in [6.45, 7) is 0.191. The highest BCUT2D eigenvalue weighted by Gasteiger charge is 2.24. The fourth-order valence-electron chi connectivity index (χ4n) is 2.59. The van der Waals surface area contributed by atoms with Gasteiger partial charge in [-0.3, -0.25) is 0 Å². The Morgan fingerprint density at radius 1 is 0.966 bits per heavy atom. The molecule has 8 heteroatoms. The number of rotatable bonds is 6. The third-order valence-corrected chi connectivity index (χ3v) is 6.52. The molecule has 0 aromatic heterocycles. The Kier molecular flexibility index (Phi) is 6.59. The van der Waals surface area contributed by atoms with Crippen molar-refractivity contribution in [1.29, 1.82) is 0 Å². The molecule has 0 unspecified atom stereocenters. The highest BCUT2D eigenvalue weighted by Crippen LogP contribution is 2.25. The van der Waals surface area contributed by atoms with E-state index in [0.717, 1.165) is 5.56 Å². The van der Waals surface area contributed by atoms with E-state index in [4.69, 9.17) is 27.9 Å². The summed E-state index contributed by atoms with van der Waals surface area (Å²) in [5.74, 6) is -0.495. The van der Waals surface area contributed by atoms with E-state index in [9.17, 15) is 13.2 Å². The Labute approximate surface area is 179 Å². The van der Waals surface area contributed by atoms with E-state index in [-0.39, 0.29) is 27.8 Å². The molecule has 150 valence electrons. The number of benzene rings is 3. The van der Waals surface area contributed by atoms with Gasteiger partial charge in [-0.2, -0.15) is 4.31 Å². The minimum atomic E-state index is -3.84. The minimum Gasteiger partial charge on any atom is -0.423 e. The van der Waals surface area contributed by atoms with Gasteiger partial charge in [0, 0.05) is 18.6 Å². The molecule has 0 radical (unpaired) electrons. The first-order valence-electron chi connectivity index (χ1n) is 8.55. The average Bonchev–Trinajstić information content (AvgIpc) is 2.70. The van der Waals surface area contributed by atoms with Crippen molar-refractivity contribution in [2.75, 3.05) is 7.05 Å². The van der Waals surface area contributed by atoms with Crippen LogP contribution >= 0.6 is 23.2 Å². The SMILES string of the molecule is CN(Cc1ccccc1)S(=O)(=O)c1ccc(Cl)c(C(=O)Oc2ccc(Cl)cc2)c1. The number of carbonyl (C=O) groups is 1. The molecule has 0 bridgehead atoms. The standard InChI is InChI=1S/C21H17Cl2NO4S/c1-24(14-15-5-3-2-4-6-15)29(26,27)18-11-12-20(23)19(13-18)21(25)28-17-9-7-16(22)8-10-17/h2-13H,14H2,1H3. The number of nitrogens with zero attached hydrogens (tertiary/aromatic N) is 1. The number of ether oxygens (including phenoxy) is 1. The van der Waals surface area contributed by atoms with Gasteiger partial charge >= 0.3 is 5.97 Å². The fraction of sp³-hybridized carbons (Fsp3) is 0.0952. The molecule has 3 rings (SSSR count). The molecule has 0 fully saturated rings. The lowest BCUT2D eigenvalue weighted by molar-refractivity contribution is 0.0734. The fourth-order valence-corrected chi connectivity index (χ4v) is 4.10. The third-order valence-electron chi connectivity index (χ3n) is 4.14. The molecule has 29 heavy (non-hydrogen) atoms. The predicted molar refractivity (Wildman–Crippen MR) is 113 cm³/mol. The van der Waals surface area contributed by atoms with Crippen molar-refractivity contribution in [3.63, 3.8) is 0 Å². The van der Waals surface area contributed by atoms with Crippen LogP contribution in [0.25, 0.3) is 0 Å². The molecule has 0 spiro atoms. The Bertz CT molecular complexity index is 1120. The molecule has 0 heterocycles. The van der Waals surface area contributed by atoms with Crippen LogP contribution < -0.4 is 4.74 Å². The van der Waals surface area contributed by atoms with Gasteiger partial charge in [-0.25, -0.2) is 13.2 Å². The molecule has 0 atom stereocenters. The molecule has 0 amide bonds. The van der Waals surface area contributed by atoms with Crippen LogP contribution in [0.3, 0.4) is 0 Å². The summed E-state index contributed by atoms with van der Waals surface area (Å²) in [6, 6.07) is 19.4. The summed E-state index contributed by atoms with van der Waals surface area (Å²) in [4.78, 5) is 12.5. The second-order valence-corrected chi connectivity index (χ2v) is 9.12. The number of sulfonamides is 1. The summed E-state index contributed by atoms with van der Waals surface area (Å²) >= 11 is 11.9. The normalized spacial score (nSPS) is 11.4. The van der Waals surface area contributed by atoms with Gasteiger partial charge in [0.05, 0.1) is 15.5 Å². The van der Waals surface area contributed by atoms with Crippen molar-refractivity contribution in [2.24, 2.45) is 0 Å². The molecule has 5 nitrogen and oxygen atoms in total. The van der Waals surface area contributed by atoms with Gasteiger partial charge in [0.15, 0.2) is 0 Å². The lowest BCUT2D eigenvalue weighted by Crippen LogP contribution is -2.26. The Morgan fingerprint density at radius 2 is 1.62 bits per heavy atom. The maximum Gasteiger partial charge on any atom is 0.345 e. The minimum absolute atomic E-state index is 0.0456. The molecule has 0 saturated heterocycles. The van der Waals surface area contributed by atoms with Gasteiger partial charge in [0.2, 0.25) is 10.0 Å². The van der Waals surface area contributed by atoms with Crippen LogP contribution in [0.2, 0.25) is 10.0 Å². The maximum atomic E-state index is 12.9. The molecule has 0 aliphatic heterocycles. The predicted octanol–water partition coefficient (Wildman–Crippen LogP) is 5.03. The van der Waals surface area contributed by atoms with Gasteiger partial charge in [0.25, 0.3) is 0 Å². The molecular weight excluding hydrogens is 433 g/mol. The molecular formula is C21H17Cl2NO4S. The van der Waals surface area contributed by atoms with Crippen LogP contribution in [0, 0.1) is 0 Å². The van der Waals surface area contributed by atoms with Crippen LogP contribution in [0.15, 0.2) is 77.7 Å². The molecule has 3 aromatic rings. The summed E-state index contributed by atoms with van der Waals surface area (Å²) in [7, 11) is -2.36.